The van der Waals surface area contributed by atoms with Crippen LogP contribution in [-0.4, -0.2) is 7.05 Å². The van der Waals surface area contributed by atoms with Gasteiger partial charge in [-0.3, -0.25) is 0 Å². The normalized spacial score (nSPS) is 10.0. The van der Waals surface area contributed by atoms with E-state index in [4.69, 9.17) is 16.9 Å². The minimum Gasteiger partial charge on any atom is -0.370 e. The van der Waals surface area contributed by atoms with Crippen molar-refractivity contribution in [3.63, 3.8) is 0 Å². The van der Waals surface area contributed by atoms with Crippen LogP contribution in [-0.2, 0) is 6.54 Å². The minimum absolute atomic E-state index is 0.285. The molecule has 96 valence electrons. The molecule has 2 rings (SSSR count). The molecule has 19 heavy (non-hydrogen) atoms. The van der Waals surface area contributed by atoms with Crippen molar-refractivity contribution in [2.75, 3.05) is 11.9 Å². The van der Waals surface area contributed by atoms with E-state index in [9.17, 15) is 4.39 Å². The molecule has 2 aromatic rings. The van der Waals surface area contributed by atoms with Gasteiger partial charge in [0.15, 0.2) is 0 Å². The first kappa shape index (κ1) is 13.4. The Morgan fingerprint density at radius 3 is 2.79 bits per heavy atom. The molecule has 2 nitrogen and oxygen atoms in total. The third kappa shape index (κ3) is 3.24. The molecule has 0 heterocycles. The lowest BCUT2D eigenvalue weighted by molar-refractivity contribution is 0.608. The van der Waals surface area contributed by atoms with Crippen LogP contribution in [0.25, 0.3) is 0 Å². The van der Waals surface area contributed by atoms with Crippen molar-refractivity contribution in [2.45, 2.75) is 6.54 Å². The van der Waals surface area contributed by atoms with Crippen molar-refractivity contribution in [3.05, 3.63) is 64.4 Å². The summed E-state index contributed by atoms with van der Waals surface area (Å²) in [7, 11) is 1.84. The summed E-state index contributed by atoms with van der Waals surface area (Å²) >= 11 is 5.87. The van der Waals surface area contributed by atoms with E-state index in [0.29, 0.717) is 22.7 Å². The van der Waals surface area contributed by atoms with E-state index >= 15 is 0 Å². The average Bonchev–Trinajstić information content (AvgIpc) is 2.43. The lowest BCUT2D eigenvalue weighted by Crippen LogP contribution is -2.17. The van der Waals surface area contributed by atoms with E-state index in [2.05, 4.69) is 6.07 Å². The Morgan fingerprint density at radius 1 is 1.26 bits per heavy atom. The topological polar surface area (TPSA) is 27.0 Å². The van der Waals surface area contributed by atoms with E-state index < -0.39 is 0 Å². The summed E-state index contributed by atoms with van der Waals surface area (Å²) in [6.45, 7) is 0.390. The smallest absolute Gasteiger partial charge is 0.128 e. The number of nitriles is 1. The summed E-state index contributed by atoms with van der Waals surface area (Å²) in [6, 6.07) is 13.8. The first-order chi connectivity index (χ1) is 9.10. The third-order valence-corrected chi connectivity index (χ3v) is 3.07. The number of rotatable bonds is 3. The van der Waals surface area contributed by atoms with Gasteiger partial charge in [0.25, 0.3) is 0 Å². The van der Waals surface area contributed by atoms with Crippen LogP contribution in [0.2, 0.25) is 5.02 Å². The van der Waals surface area contributed by atoms with Gasteiger partial charge in [-0.05, 0) is 36.4 Å². The molecule has 0 bridgehead atoms. The van der Waals surface area contributed by atoms with Crippen LogP contribution in [0.1, 0.15) is 11.1 Å². The fourth-order valence-corrected chi connectivity index (χ4v) is 2.02. The van der Waals surface area contributed by atoms with Gasteiger partial charge in [0.1, 0.15) is 5.82 Å². The molecule has 0 spiro atoms. The van der Waals surface area contributed by atoms with Crippen LogP contribution in [0.15, 0.2) is 42.5 Å². The number of anilines is 1. The van der Waals surface area contributed by atoms with Crippen molar-refractivity contribution in [1.29, 1.82) is 5.26 Å². The second-order valence-electron chi connectivity index (χ2n) is 4.25. The zero-order chi connectivity index (χ0) is 13.8. The number of halogens is 2. The highest BCUT2D eigenvalue weighted by Crippen LogP contribution is 2.20. The fourth-order valence-electron chi connectivity index (χ4n) is 1.82. The first-order valence-corrected chi connectivity index (χ1v) is 6.13. The van der Waals surface area contributed by atoms with Gasteiger partial charge < -0.3 is 4.90 Å². The van der Waals surface area contributed by atoms with Gasteiger partial charge in [-0.1, -0.05) is 17.7 Å². The molecule has 0 saturated carbocycles. The lowest BCUT2D eigenvalue weighted by Gasteiger charge is -2.20. The van der Waals surface area contributed by atoms with Gasteiger partial charge in [0, 0.05) is 29.9 Å². The highest BCUT2D eigenvalue weighted by molar-refractivity contribution is 6.30. The molecule has 2 aromatic carbocycles. The molecule has 0 amide bonds. The second kappa shape index (κ2) is 5.73. The zero-order valence-electron chi connectivity index (χ0n) is 10.4. The summed E-state index contributed by atoms with van der Waals surface area (Å²) in [5.74, 6) is -0.285. The monoisotopic (exact) mass is 274 g/mol. The summed E-state index contributed by atoms with van der Waals surface area (Å²) in [5.41, 5.74) is 1.96. The Kier molecular flexibility index (Phi) is 4.03. The maximum absolute atomic E-state index is 13.7. The summed E-state index contributed by atoms with van der Waals surface area (Å²) in [6.07, 6.45) is 0. The van der Waals surface area contributed by atoms with E-state index in [1.54, 1.807) is 24.3 Å². The van der Waals surface area contributed by atoms with Gasteiger partial charge in [0.05, 0.1) is 11.6 Å². The SMILES string of the molecule is CN(Cc1cc(Cl)ccc1F)c1cccc(C#N)c1. The molecule has 0 unspecified atom stereocenters. The molecule has 4 heteroatoms. The molecule has 0 aliphatic rings. The van der Waals surface area contributed by atoms with Crippen molar-refractivity contribution in [1.82, 2.24) is 0 Å². The Balaban J connectivity index is 2.23. The molecule has 0 atom stereocenters. The van der Waals surface area contributed by atoms with Crippen LogP contribution < -0.4 is 4.90 Å². The van der Waals surface area contributed by atoms with E-state index in [-0.39, 0.29) is 5.82 Å². The summed E-state index contributed by atoms with van der Waals surface area (Å²) < 4.78 is 13.7. The standard InChI is InChI=1S/C15H12ClFN2/c1-19(14-4-2-3-11(7-14)9-18)10-12-8-13(16)5-6-15(12)17/h2-8H,10H2,1H3. The molecular weight excluding hydrogens is 263 g/mol. The maximum atomic E-state index is 13.7. The Labute approximate surface area is 116 Å². The Hall–Kier alpha value is -2.05. The molecule has 0 N–H and O–H groups in total. The molecule has 0 radical (unpaired) electrons. The van der Waals surface area contributed by atoms with Crippen molar-refractivity contribution < 1.29 is 4.39 Å². The van der Waals surface area contributed by atoms with Crippen molar-refractivity contribution in [2.24, 2.45) is 0 Å². The molecule has 0 saturated heterocycles. The molecule has 0 aromatic heterocycles. The van der Waals surface area contributed by atoms with Crippen molar-refractivity contribution >= 4 is 17.3 Å². The highest BCUT2D eigenvalue weighted by atomic mass is 35.5. The predicted octanol–water partition coefficient (Wildman–Crippen LogP) is 3.99. The number of nitrogens with zero attached hydrogens (tertiary/aromatic N) is 2. The predicted molar refractivity (Wildman–Crippen MR) is 74.7 cm³/mol. The van der Waals surface area contributed by atoms with Crippen LogP contribution in [0.3, 0.4) is 0 Å². The van der Waals surface area contributed by atoms with Crippen LogP contribution in [0, 0.1) is 17.1 Å². The van der Waals surface area contributed by atoms with Gasteiger partial charge in [-0.2, -0.15) is 5.26 Å². The van der Waals surface area contributed by atoms with E-state index in [1.807, 2.05) is 18.0 Å². The van der Waals surface area contributed by atoms with Gasteiger partial charge >= 0.3 is 0 Å². The first-order valence-electron chi connectivity index (χ1n) is 5.75. The van der Waals surface area contributed by atoms with Gasteiger partial charge in [0.2, 0.25) is 0 Å². The number of benzene rings is 2. The number of hydrogen-bond donors (Lipinski definition) is 0. The molecule has 0 aliphatic carbocycles. The fraction of sp³-hybridized carbons (Fsp3) is 0.133. The van der Waals surface area contributed by atoms with Gasteiger partial charge in [-0.25, -0.2) is 4.39 Å². The quantitative estimate of drug-likeness (QED) is 0.846. The Bertz CT molecular complexity index is 634. The zero-order valence-corrected chi connectivity index (χ0v) is 11.2. The number of hydrogen-bond acceptors (Lipinski definition) is 2. The molecular formula is C15H12ClFN2. The summed E-state index contributed by atoms with van der Waals surface area (Å²) in [4.78, 5) is 1.87. The minimum atomic E-state index is -0.285. The largest absolute Gasteiger partial charge is 0.370 e. The maximum Gasteiger partial charge on any atom is 0.128 e. The Morgan fingerprint density at radius 2 is 2.05 bits per heavy atom. The third-order valence-electron chi connectivity index (χ3n) is 2.83. The van der Waals surface area contributed by atoms with Crippen LogP contribution >= 0.6 is 11.6 Å². The lowest BCUT2D eigenvalue weighted by atomic mass is 10.1. The van der Waals surface area contributed by atoms with E-state index in [0.717, 1.165) is 5.69 Å². The van der Waals surface area contributed by atoms with Gasteiger partial charge in [-0.15, -0.1) is 0 Å². The van der Waals surface area contributed by atoms with Crippen LogP contribution in [0.4, 0.5) is 10.1 Å². The van der Waals surface area contributed by atoms with Crippen LogP contribution in [0.5, 0.6) is 0 Å². The van der Waals surface area contributed by atoms with Crippen molar-refractivity contribution in [3.8, 4) is 6.07 Å². The molecule has 0 aliphatic heterocycles. The van der Waals surface area contributed by atoms with E-state index in [1.165, 1.54) is 12.1 Å². The summed E-state index contributed by atoms with van der Waals surface area (Å²) in [5, 5.41) is 9.38. The molecule has 0 fully saturated rings. The second-order valence-corrected chi connectivity index (χ2v) is 4.69. The average molecular weight is 275 g/mol. The highest BCUT2D eigenvalue weighted by Gasteiger charge is 2.08.